The molecule has 1 saturated carbocycles. The summed E-state index contributed by atoms with van der Waals surface area (Å²) < 4.78 is 0. The molecule has 1 aliphatic heterocycles. The van der Waals surface area contributed by atoms with E-state index in [1.165, 1.54) is 32.2 Å². The van der Waals surface area contributed by atoms with Crippen LogP contribution >= 0.6 is 0 Å². The first kappa shape index (κ1) is 14.8. The number of nitrogens with zero attached hydrogens (tertiary/aromatic N) is 2. The van der Waals surface area contributed by atoms with E-state index in [2.05, 4.69) is 11.9 Å². The first-order valence-electron chi connectivity index (χ1n) is 7.78. The summed E-state index contributed by atoms with van der Waals surface area (Å²) in [4.78, 5) is 17.0. The maximum absolute atomic E-state index is 12.6. The van der Waals surface area contributed by atoms with E-state index >= 15 is 0 Å². The number of carbonyl (C=O) groups excluding carboxylic acids is 1. The van der Waals surface area contributed by atoms with E-state index in [0.29, 0.717) is 24.4 Å². The van der Waals surface area contributed by atoms with Crippen LogP contribution in [0.2, 0.25) is 0 Å². The minimum Gasteiger partial charge on any atom is -0.344 e. The molecule has 0 spiro atoms. The van der Waals surface area contributed by atoms with Gasteiger partial charge in [0.15, 0.2) is 0 Å². The highest BCUT2D eigenvalue weighted by atomic mass is 16.2. The van der Waals surface area contributed by atoms with Crippen LogP contribution in [0.25, 0.3) is 0 Å². The van der Waals surface area contributed by atoms with E-state index in [4.69, 9.17) is 5.73 Å². The molecular formula is C15H29N3O. The number of likely N-dealkylation sites (tertiary alicyclic amines) is 1. The van der Waals surface area contributed by atoms with Crippen molar-refractivity contribution in [1.82, 2.24) is 9.80 Å². The maximum Gasteiger partial charge on any atom is 0.225 e. The molecule has 0 aromatic heterocycles. The summed E-state index contributed by atoms with van der Waals surface area (Å²) in [7, 11) is 4.13. The molecule has 3 unspecified atom stereocenters. The highest BCUT2D eigenvalue weighted by Gasteiger charge is 2.33. The van der Waals surface area contributed by atoms with Gasteiger partial charge in [0.25, 0.3) is 0 Å². The van der Waals surface area contributed by atoms with Gasteiger partial charge in [0.2, 0.25) is 5.91 Å². The van der Waals surface area contributed by atoms with Crippen LogP contribution in [0, 0.1) is 11.8 Å². The minimum atomic E-state index is 0.176. The number of nitrogens with two attached hydrogens (primary N) is 1. The number of hydrogen-bond donors (Lipinski definition) is 1. The molecule has 2 rings (SSSR count). The third-order valence-electron chi connectivity index (χ3n) is 5.06. The lowest BCUT2D eigenvalue weighted by Crippen LogP contribution is -2.45. The zero-order valence-corrected chi connectivity index (χ0v) is 12.5. The Morgan fingerprint density at radius 3 is 2.63 bits per heavy atom. The summed E-state index contributed by atoms with van der Waals surface area (Å²) in [6.45, 7) is 2.71. The third kappa shape index (κ3) is 3.48. The fourth-order valence-corrected chi connectivity index (χ4v) is 3.71. The molecule has 3 atom stereocenters. The molecule has 1 saturated heterocycles. The number of amides is 1. The van der Waals surface area contributed by atoms with Crippen molar-refractivity contribution in [2.45, 2.75) is 44.6 Å². The zero-order valence-electron chi connectivity index (χ0n) is 12.5. The Hall–Kier alpha value is -0.610. The van der Waals surface area contributed by atoms with Gasteiger partial charge in [0.05, 0.1) is 0 Å². The Kier molecular flexibility index (Phi) is 5.22. The average Bonchev–Trinajstić information content (AvgIpc) is 2.83. The molecule has 0 radical (unpaired) electrons. The summed E-state index contributed by atoms with van der Waals surface area (Å²) in [5.74, 6) is 0.913. The molecule has 2 fully saturated rings. The fourth-order valence-electron chi connectivity index (χ4n) is 3.71. The van der Waals surface area contributed by atoms with Gasteiger partial charge in [-0.15, -0.1) is 0 Å². The monoisotopic (exact) mass is 267 g/mol. The lowest BCUT2D eigenvalue weighted by Gasteiger charge is -2.34. The molecule has 2 N–H and O–H groups in total. The second-order valence-electron chi connectivity index (χ2n) is 6.38. The smallest absolute Gasteiger partial charge is 0.225 e. The van der Waals surface area contributed by atoms with E-state index < -0.39 is 0 Å². The Labute approximate surface area is 117 Å². The maximum atomic E-state index is 12.6. The molecule has 0 bridgehead atoms. The van der Waals surface area contributed by atoms with Crippen molar-refractivity contribution < 1.29 is 4.79 Å². The molecule has 4 heteroatoms. The van der Waals surface area contributed by atoms with Crippen molar-refractivity contribution >= 4 is 5.91 Å². The van der Waals surface area contributed by atoms with Gasteiger partial charge in [-0.3, -0.25) is 4.79 Å². The van der Waals surface area contributed by atoms with Crippen molar-refractivity contribution in [3.05, 3.63) is 0 Å². The molecule has 1 aliphatic carbocycles. The van der Waals surface area contributed by atoms with Crippen LogP contribution < -0.4 is 5.73 Å². The van der Waals surface area contributed by atoms with Crippen LogP contribution in [0.4, 0.5) is 0 Å². The number of likely N-dealkylation sites (N-methyl/N-ethyl adjacent to an activating group) is 2. The largest absolute Gasteiger partial charge is 0.344 e. The SMILES string of the molecule is CN(CC1CCCN1C)C(=O)C1CCCCC1CN. The number of rotatable bonds is 4. The van der Waals surface area contributed by atoms with Crippen molar-refractivity contribution in [2.24, 2.45) is 17.6 Å². The Bertz CT molecular complexity index is 308. The van der Waals surface area contributed by atoms with E-state index in [0.717, 1.165) is 19.4 Å². The van der Waals surface area contributed by atoms with E-state index in [-0.39, 0.29) is 5.92 Å². The second-order valence-corrected chi connectivity index (χ2v) is 6.38. The van der Waals surface area contributed by atoms with E-state index in [1.807, 2.05) is 11.9 Å². The molecule has 110 valence electrons. The van der Waals surface area contributed by atoms with Crippen LogP contribution in [0.3, 0.4) is 0 Å². The first-order chi connectivity index (χ1) is 9.13. The standard InChI is InChI=1S/C15H29N3O/c1-17-9-5-7-13(17)11-18(2)15(19)14-8-4-3-6-12(14)10-16/h12-14H,3-11,16H2,1-2H3. The van der Waals surface area contributed by atoms with Crippen molar-refractivity contribution in [3.8, 4) is 0 Å². The summed E-state index contributed by atoms with van der Waals surface area (Å²) >= 11 is 0. The van der Waals surface area contributed by atoms with Crippen LogP contribution in [0.1, 0.15) is 38.5 Å². The summed E-state index contributed by atoms with van der Waals surface area (Å²) in [6.07, 6.45) is 7.07. The molecule has 2 aliphatic rings. The number of carbonyl (C=O) groups is 1. The average molecular weight is 267 g/mol. The van der Waals surface area contributed by atoms with Gasteiger partial charge in [-0.2, -0.15) is 0 Å². The van der Waals surface area contributed by atoms with Crippen molar-refractivity contribution in [2.75, 3.05) is 33.7 Å². The fraction of sp³-hybridized carbons (Fsp3) is 0.933. The van der Waals surface area contributed by atoms with Crippen molar-refractivity contribution in [3.63, 3.8) is 0 Å². The van der Waals surface area contributed by atoms with Crippen LogP contribution in [0.15, 0.2) is 0 Å². The highest BCUT2D eigenvalue weighted by molar-refractivity contribution is 5.79. The Morgan fingerprint density at radius 2 is 2.00 bits per heavy atom. The topological polar surface area (TPSA) is 49.6 Å². The van der Waals surface area contributed by atoms with E-state index in [1.54, 1.807) is 0 Å². The molecule has 4 nitrogen and oxygen atoms in total. The molecule has 0 aromatic rings. The third-order valence-corrected chi connectivity index (χ3v) is 5.06. The van der Waals surface area contributed by atoms with Crippen LogP contribution in [-0.2, 0) is 4.79 Å². The first-order valence-corrected chi connectivity index (χ1v) is 7.78. The van der Waals surface area contributed by atoms with Gasteiger partial charge in [-0.1, -0.05) is 12.8 Å². The highest BCUT2D eigenvalue weighted by Crippen LogP contribution is 2.30. The lowest BCUT2D eigenvalue weighted by molar-refractivity contribution is -0.137. The minimum absolute atomic E-state index is 0.176. The predicted molar refractivity (Wildman–Crippen MR) is 77.8 cm³/mol. The normalized spacial score (nSPS) is 32.5. The molecule has 0 aromatic carbocycles. The van der Waals surface area contributed by atoms with Crippen LogP contribution in [-0.4, -0.2) is 55.5 Å². The van der Waals surface area contributed by atoms with Gasteiger partial charge in [-0.05, 0) is 51.7 Å². The predicted octanol–water partition coefficient (Wildman–Crippen LogP) is 1.30. The van der Waals surface area contributed by atoms with Crippen LogP contribution in [0.5, 0.6) is 0 Å². The van der Waals surface area contributed by atoms with Gasteiger partial charge < -0.3 is 15.5 Å². The molecular weight excluding hydrogens is 238 g/mol. The zero-order chi connectivity index (χ0) is 13.8. The summed E-state index contributed by atoms with van der Waals surface area (Å²) in [5.41, 5.74) is 5.84. The molecule has 1 heterocycles. The number of hydrogen-bond acceptors (Lipinski definition) is 3. The van der Waals surface area contributed by atoms with Gasteiger partial charge in [-0.25, -0.2) is 0 Å². The lowest BCUT2D eigenvalue weighted by atomic mass is 9.78. The van der Waals surface area contributed by atoms with Crippen molar-refractivity contribution in [1.29, 1.82) is 0 Å². The second kappa shape index (κ2) is 6.71. The Balaban J connectivity index is 1.90. The van der Waals surface area contributed by atoms with Gasteiger partial charge in [0, 0.05) is 25.6 Å². The summed E-state index contributed by atoms with van der Waals surface area (Å²) in [5, 5.41) is 0. The molecule has 19 heavy (non-hydrogen) atoms. The van der Waals surface area contributed by atoms with E-state index in [9.17, 15) is 4.79 Å². The quantitative estimate of drug-likeness (QED) is 0.835. The van der Waals surface area contributed by atoms with Gasteiger partial charge in [0.1, 0.15) is 0 Å². The molecule has 1 amide bonds. The summed E-state index contributed by atoms with van der Waals surface area (Å²) in [6, 6.07) is 0.550. The Morgan fingerprint density at radius 1 is 1.26 bits per heavy atom. The van der Waals surface area contributed by atoms with Gasteiger partial charge >= 0.3 is 0 Å².